The minimum atomic E-state index is -0.255. The van der Waals surface area contributed by atoms with Gasteiger partial charge in [-0.2, -0.15) is 0 Å². The molecule has 1 atom stereocenters. The first-order valence-electron chi connectivity index (χ1n) is 7.26. The van der Waals surface area contributed by atoms with Gasteiger partial charge < -0.3 is 10.2 Å². The Bertz CT molecular complexity index is 501. The maximum atomic E-state index is 13.4. The predicted molar refractivity (Wildman–Crippen MR) is 85.9 cm³/mol. The number of nitrogens with one attached hydrogen (secondary N) is 1. The SMILES string of the molecule is CC(C)(C)SCC(=O)N1CCNCC1c1cccc(F)c1. The normalized spacial score (nSPS) is 19.6. The van der Waals surface area contributed by atoms with Gasteiger partial charge in [0, 0.05) is 24.4 Å². The topological polar surface area (TPSA) is 32.3 Å². The van der Waals surface area contributed by atoms with Crippen LogP contribution in [0.1, 0.15) is 32.4 Å². The molecule has 3 nitrogen and oxygen atoms in total. The van der Waals surface area contributed by atoms with Crippen molar-refractivity contribution >= 4 is 17.7 Å². The van der Waals surface area contributed by atoms with Crippen molar-refractivity contribution in [1.82, 2.24) is 10.2 Å². The van der Waals surface area contributed by atoms with Gasteiger partial charge in [-0.15, -0.1) is 11.8 Å². The summed E-state index contributed by atoms with van der Waals surface area (Å²) >= 11 is 1.65. The van der Waals surface area contributed by atoms with Gasteiger partial charge in [0.2, 0.25) is 5.91 Å². The first kappa shape index (κ1) is 16.3. The summed E-state index contributed by atoms with van der Waals surface area (Å²) in [6.07, 6.45) is 0. The molecule has 0 aliphatic carbocycles. The van der Waals surface area contributed by atoms with Crippen LogP contribution in [0.5, 0.6) is 0 Å². The molecular formula is C16H23FN2OS. The Labute approximate surface area is 130 Å². The van der Waals surface area contributed by atoms with Crippen LogP contribution in [-0.2, 0) is 4.79 Å². The zero-order valence-electron chi connectivity index (χ0n) is 12.9. The van der Waals surface area contributed by atoms with Crippen molar-refractivity contribution in [3.8, 4) is 0 Å². The summed E-state index contributed by atoms with van der Waals surface area (Å²) in [5.41, 5.74) is 0.858. The molecule has 1 heterocycles. The molecule has 0 aromatic heterocycles. The van der Waals surface area contributed by atoms with Crippen molar-refractivity contribution in [1.29, 1.82) is 0 Å². The van der Waals surface area contributed by atoms with Gasteiger partial charge in [0.1, 0.15) is 5.82 Å². The molecule has 1 saturated heterocycles. The lowest BCUT2D eigenvalue weighted by molar-refractivity contribution is -0.131. The molecule has 5 heteroatoms. The van der Waals surface area contributed by atoms with E-state index in [4.69, 9.17) is 0 Å². The number of carbonyl (C=O) groups excluding carboxylic acids is 1. The molecule has 21 heavy (non-hydrogen) atoms. The van der Waals surface area contributed by atoms with Crippen molar-refractivity contribution in [2.45, 2.75) is 31.6 Å². The molecule has 1 amide bonds. The Morgan fingerprint density at radius 3 is 2.90 bits per heavy atom. The fourth-order valence-electron chi connectivity index (χ4n) is 2.38. The van der Waals surface area contributed by atoms with Gasteiger partial charge in [-0.3, -0.25) is 4.79 Å². The lowest BCUT2D eigenvalue weighted by Gasteiger charge is -2.37. The van der Waals surface area contributed by atoms with E-state index in [1.54, 1.807) is 17.8 Å². The van der Waals surface area contributed by atoms with E-state index in [0.29, 0.717) is 18.8 Å². The lowest BCUT2D eigenvalue weighted by atomic mass is 10.0. The van der Waals surface area contributed by atoms with Crippen LogP contribution >= 0.6 is 11.8 Å². The van der Waals surface area contributed by atoms with E-state index in [2.05, 4.69) is 26.1 Å². The second kappa shape index (κ2) is 6.79. The smallest absolute Gasteiger partial charge is 0.233 e. The van der Waals surface area contributed by atoms with Crippen LogP contribution in [0, 0.1) is 5.82 Å². The summed E-state index contributed by atoms with van der Waals surface area (Å²) in [4.78, 5) is 14.4. The van der Waals surface area contributed by atoms with Gasteiger partial charge >= 0.3 is 0 Å². The van der Waals surface area contributed by atoms with Gasteiger partial charge in [-0.25, -0.2) is 4.39 Å². The van der Waals surface area contributed by atoms with Crippen LogP contribution in [0.2, 0.25) is 0 Å². The van der Waals surface area contributed by atoms with E-state index in [1.165, 1.54) is 12.1 Å². The van der Waals surface area contributed by atoms with E-state index in [0.717, 1.165) is 12.1 Å². The highest BCUT2D eigenvalue weighted by atomic mass is 32.2. The molecule has 1 aromatic rings. The Morgan fingerprint density at radius 1 is 1.48 bits per heavy atom. The van der Waals surface area contributed by atoms with Crippen LogP contribution in [0.3, 0.4) is 0 Å². The first-order valence-corrected chi connectivity index (χ1v) is 8.25. The summed E-state index contributed by atoms with van der Waals surface area (Å²) in [5.74, 6) is 0.343. The van der Waals surface area contributed by atoms with Gasteiger partial charge in [0.25, 0.3) is 0 Å². The van der Waals surface area contributed by atoms with E-state index >= 15 is 0 Å². The van der Waals surface area contributed by atoms with Crippen molar-refractivity contribution in [3.05, 3.63) is 35.6 Å². The molecule has 1 aliphatic rings. The van der Waals surface area contributed by atoms with Crippen molar-refractivity contribution < 1.29 is 9.18 Å². The van der Waals surface area contributed by atoms with Crippen molar-refractivity contribution in [2.24, 2.45) is 0 Å². The molecule has 0 saturated carbocycles. The quantitative estimate of drug-likeness (QED) is 0.932. The van der Waals surface area contributed by atoms with E-state index in [-0.39, 0.29) is 22.5 Å². The van der Waals surface area contributed by atoms with E-state index < -0.39 is 0 Å². The average molecular weight is 310 g/mol. The van der Waals surface area contributed by atoms with E-state index in [1.807, 2.05) is 11.0 Å². The number of benzene rings is 1. The second-order valence-electron chi connectivity index (χ2n) is 6.26. The first-order chi connectivity index (χ1) is 9.87. The summed E-state index contributed by atoms with van der Waals surface area (Å²) in [6.45, 7) is 8.45. The second-order valence-corrected chi connectivity index (χ2v) is 8.07. The largest absolute Gasteiger partial charge is 0.332 e. The Kier molecular flexibility index (Phi) is 5.27. The number of carbonyl (C=O) groups is 1. The minimum absolute atomic E-state index is 0.0675. The molecule has 1 N–H and O–H groups in total. The zero-order chi connectivity index (χ0) is 15.5. The highest BCUT2D eigenvalue weighted by Crippen LogP contribution is 2.27. The maximum absolute atomic E-state index is 13.4. The number of rotatable bonds is 3. The number of halogens is 1. The van der Waals surface area contributed by atoms with Gasteiger partial charge in [-0.1, -0.05) is 32.9 Å². The van der Waals surface area contributed by atoms with Gasteiger partial charge in [0.05, 0.1) is 11.8 Å². The molecule has 0 bridgehead atoms. The Hall–Kier alpha value is -1.07. The summed E-state index contributed by atoms with van der Waals surface area (Å²) in [5, 5.41) is 3.29. The maximum Gasteiger partial charge on any atom is 0.233 e. The predicted octanol–water partition coefficient (Wildman–Crippen LogP) is 2.83. The molecule has 0 spiro atoms. The fourth-order valence-corrected chi connectivity index (χ4v) is 3.10. The number of thioether (sulfide) groups is 1. The zero-order valence-corrected chi connectivity index (χ0v) is 13.7. The lowest BCUT2D eigenvalue weighted by Crippen LogP contribution is -2.49. The third kappa shape index (κ3) is 4.71. The number of amides is 1. The third-order valence-corrected chi connectivity index (χ3v) is 4.68. The molecule has 1 aromatic carbocycles. The van der Waals surface area contributed by atoms with Crippen LogP contribution in [-0.4, -0.2) is 40.9 Å². The van der Waals surface area contributed by atoms with Crippen molar-refractivity contribution in [2.75, 3.05) is 25.4 Å². The molecule has 1 aliphatic heterocycles. The monoisotopic (exact) mass is 310 g/mol. The highest BCUT2D eigenvalue weighted by molar-refractivity contribution is 8.01. The Morgan fingerprint density at radius 2 is 2.24 bits per heavy atom. The standard InChI is InChI=1S/C16H23FN2OS/c1-16(2,3)21-11-15(20)19-8-7-18-10-14(19)12-5-4-6-13(17)9-12/h4-6,9,14,18H,7-8,10-11H2,1-3H3. The number of piperazine rings is 1. The van der Waals surface area contributed by atoms with Gasteiger partial charge in [0.15, 0.2) is 0 Å². The van der Waals surface area contributed by atoms with E-state index in [9.17, 15) is 9.18 Å². The third-order valence-electron chi connectivity index (χ3n) is 3.43. The van der Waals surface area contributed by atoms with Crippen LogP contribution < -0.4 is 5.32 Å². The van der Waals surface area contributed by atoms with Gasteiger partial charge in [-0.05, 0) is 17.7 Å². The molecule has 0 radical (unpaired) electrons. The van der Waals surface area contributed by atoms with Crippen molar-refractivity contribution in [3.63, 3.8) is 0 Å². The molecular weight excluding hydrogens is 287 g/mol. The summed E-state index contributed by atoms with van der Waals surface area (Å²) < 4.78 is 13.5. The minimum Gasteiger partial charge on any atom is -0.332 e. The van der Waals surface area contributed by atoms with Crippen LogP contribution in [0.25, 0.3) is 0 Å². The summed E-state index contributed by atoms with van der Waals surface area (Å²) in [6, 6.07) is 6.46. The highest BCUT2D eigenvalue weighted by Gasteiger charge is 2.28. The molecule has 1 fully saturated rings. The van der Waals surface area contributed by atoms with Crippen LogP contribution in [0.4, 0.5) is 4.39 Å². The average Bonchev–Trinajstić information content (AvgIpc) is 2.44. The fraction of sp³-hybridized carbons (Fsp3) is 0.562. The van der Waals surface area contributed by atoms with Crippen LogP contribution in [0.15, 0.2) is 24.3 Å². The number of hydrogen-bond acceptors (Lipinski definition) is 3. The molecule has 2 rings (SSSR count). The molecule has 116 valence electrons. The Balaban J connectivity index is 2.10. The number of nitrogens with zero attached hydrogens (tertiary/aromatic N) is 1. The molecule has 1 unspecified atom stereocenters. The number of hydrogen-bond donors (Lipinski definition) is 1. The summed E-state index contributed by atoms with van der Waals surface area (Å²) in [7, 11) is 0.